The molecule has 0 radical (unpaired) electrons. The van der Waals surface area contributed by atoms with Crippen LogP contribution in [-0.2, 0) is 5.41 Å². The largest absolute Gasteiger partial charge is 0.396 e. The predicted octanol–water partition coefficient (Wildman–Crippen LogP) is 2.91. The summed E-state index contributed by atoms with van der Waals surface area (Å²) in [4.78, 5) is 2.41. The van der Waals surface area contributed by atoms with Crippen molar-refractivity contribution >= 4 is 5.69 Å². The molecule has 21 heavy (non-hydrogen) atoms. The van der Waals surface area contributed by atoms with Gasteiger partial charge in [-0.1, -0.05) is 32.9 Å². The molecule has 0 aromatic heterocycles. The summed E-state index contributed by atoms with van der Waals surface area (Å²) in [6.07, 6.45) is 3.03. The van der Waals surface area contributed by atoms with Gasteiger partial charge in [0.25, 0.3) is 0 Å². The Morgan fingerprint density at radius 1 is 1.19 bits per heavy atom. The van der Waals surface area contributed by atoms with Gasteiger partial charge in [0, 0.05) is 31.4 Å². The highest BCUT2D eigenvalue weighted by Gasteiger charge is 2.25. The molecule has 3 nitrogen and oxygen atoms in total. The van der Waals surface area contributed by atoms with Gasteiger partial charge in [-0.3, -0.25) is 0 Å². The molecule has 3 N–H and O–H groups in total. The van der Waals surface area contributed by atoms with E-state index in [1.54, 1.807) is 0 Å². The lowest BCUT2D eigenvalue weighted by atomic mass is 9.86. The fourth-order valence-corrected chi connectivity index (χ4v) is 3.22. The number of nitrogens with two attached hydrogens (primary N) is 1. The zero-order valence-electron chi connectivity index (χ0n) is 13.7. The molecule has 1 heterocycles. The molecule has 2 atom stereocenters. The Kier molecular flexibility index (Phi) is 5.28. The van der Waals surface area contributed by atoms with Crippen LogP contribution in [0.2, 0.25) is 0 Å². The van der Waals surface area contributed by atoms with Gasteiger partial charge >= 0.3 is 0 Å². The van der Waals surface area contributed by atoms with Gasteiger partial charge < -0.3 is 15.7 Å². The number of benzene rings is 1. The summed E-state index contributed by atoms with van der Waals surface area (Å²) >= 11 is 0. The van der Waals surface area contributed by atoms with Crippen molar-refractivity contribution in [2.24, 2.45) is 11.7 Å². The third-order valence-electron chi connectivity index (χ3n) is 4.44. The lowest BCUT2D eigenvalue weighted by Crippen LogP contribution is -2.47. The maximum absolute atomic E-state index is 9.01. The maximum atomic E-state index is 9.01. The van der Waals surface area contributed by atoms with E-state index in [2.05, 4.69) is 49.9 Å². The van der Waals surface area contributed by atoms with Gasteiger partial charge in [-0.2, -0.15) is 0 Å². The number of nitrogens with zero attached hydrogens (tertiary/aromatic N) is 1. The fourth-order valence-electron chi connectivity index (χ4n) is 3.22. The number of rotatable bonds is 4. The quantitative estimate of drug-likeness (QED) is 0.896. The van der Waals surface area contributed by atoms with Gasteiger partial charge in [0.15, 0.2) is 0 Å². The van der Waals surface area contributed by atoms with E-state index in [1.165, 1.54) is 11.3 Å². The Labute approximate surface area is 129 Å². The lowest BCUT2D eigenvalue weighted by Gasteiger charge is -2.38. The van der Waals surface area contributed by atoms with Crippen molar-refractivity contribution in [1.29, 1.82) is 0 Å². The molecule has 2 rings (SSSR count). The van der Waals surface area contributed by atoms with Crippen LogP contribution in [0, 0.1) is 5.92 Å². The SMILES string of the molecule is CC(C)(C)c1ccc(N2CC(N)CC(CCCO)C2)cc1. The first kappa shape index (κ1) is 16.3. The van der Waals surface area contributed by atoms with Crippen molar-refractivity contribution < 1.29 is 5.11 Å². The topological polar surface area (TPSA) is 49.5 Å². The minimum atomic E-state index is 0.195. The van der Waals surface area contributed by atoms with Crippen LogP contribution in [0.25, 0.3) is 0 Å². The predicted molar refractivity (Wildman–Crippen MR) is 89.8 cm³/mol. The minimum Gasteiger partial charge on any atom is -0.396 e. The van der Waals surface area contributed by atoms with Crippen LogP contribution < -0.4 is 10.6 Å². The third-order valence-corrected chi connectivity index (χ3v) is 4.44. The summed E-state index contributed by atoms with van der Waals surface area (Å²) in [5.41, 5.74) is 9.05. The molecule has 1 aromatic carbocycles. The van der Waals surface area contributed by atoms with Crippen LogP contribution in [0.15, 0.2) is 24.3 Å². The number of hydrogen-bond donors (Lipinski definition) is 2. The van der Waals surface area contributed by atoms with Gasteiger partial charge in [-0.25, -0.2) is 0 Å². The average Bonchev–Trinajstić information content (AvgIpc) is 2.44. The molecule has 1 aliphatic heterocycles. The zero-order chi connectivity index (χ0) is 15.5. The van der Waals surface area contributed by atoms with E-state index in [4.69, 9.17) is 10.8 Å². The lowest BCUT2D eigenvalue weighted by molar-refractivity contribution is 0.259. The van der Waals surface area contributed by atoms with Gasteiger partial charge in [-0.05, 0) is 48.3 Å². The molecule has 1 aromatic rings. The Hall–Kier alpha value is -1.06. The van der Waals surface area contributed by atoms with Crippen LogP contribution in [-0.4, -0.2) is 30.8 Å². The Morgan fingerprint density at radius 3 is 2.43 bits per heavy atom. The third kappa shape index (κ3) is 4.45. The first-order valence-electron chi connectivity index (χ1n) is 8.12. The number of anilines is 1. The van der Waals surface area contributed by atoms with E-state index < -0.39 is 0 Å². The normalized spacial score (nSPS) is 23.4. The molecule has 0 aliphatic carbocycles. The Bertz CT molecular complexity index is 436. The molecule has 1 aliphatic rings. The van der Waals surface area contributed by atoms with Gasteiger partial charge in [-0.15, -0.1) is 0 Å². The zero-order valence-corrected chi connectivity index (χ0v) is 13.7. The summed E-state index contributed by atoms with van der Waals surface area (Å²) in [5, 5.41) is 9.01. The smallest absolute Gasteiger partial charge is 0.0431 e. The Balaban J connectivity index is 2.06. The summed E-state index contributed by atoms with van der Waals surface area (Å²) < 4.78 is 0. The van der Waals surface area contributed by atoms with Crippen LogP contribution in [0.4, 0.5) is 5.69 Å². The van der Waals surface area contributed by atoms with Crippen LogP contribution in [0.3, 0.4) is 0 Å². The van der Waals surface area contributed by atoms with E-state index in [1.807, 2.05) is 0 Å². The van der Waals surface area contributed by atoms with E-state index in [9.17, 15) is 0 Å². The average molecular weight is 290 g/mol. The van der Waals surface area contributed by atoms with Crippen molar-refractivity contribution in [3.63, 3.8) is 0 Å². The number of aliphatic hydroxyl groups excluding tert-OH is 1. The van der Waals surface area contributed by atoms with Gasteiger partial charge in [0.2, 0.25) is 0 Å². The van der Waals surface area contributed by atoms with E-state index in [-0.39, 0.29) is 18.1 Å². The van der Waals surface area contributed by atoms with E-state index in [0.29, 0.717) is 5.92 Å². The monoisotopic (exact) mass is 290 g/mol. The highest BCUT2D eigenvalue weighted by atomic mass is 16.2. The second-order valence-electron chi connectivity index (χ2n) is 7.43. The molecule has 0 bridgehead atoms. The highest BCUT2D eigenvalue weighted by Crippen LogP contribution is 2.28. The van der Waals surface area contributed by atoms with Crippen LogP contribution in [0.5, 0.6) is 0 Å². The van der Waals surface area contributed by atoms with Gasteiger partial charge in [0.1, 0.15) is 0 Å². The van der Waals surface area contributed by atoms with Crippen LogP contribution in [0.1, 0.15) is 45.6 Å². The van der Waals surface area contributed by atoms with Crippen molar-refractivity contribution in [2.45, 2.75) is 51.5 Å². The van der Waals surface area contributed by atoms with Crippen molar-refractivity contribution in [2.75, 3.05) is 24.6 Å². The molecule has 1 saturated heterocycles. The molecule has 118 valence electrons. The van der Waals surface area contributed by atoms with Crippen LogP contribution >= 0.6 is 0 Å². The van der Waals surface area contributed by atoms with E-state index in [0.717, 1.165) is 32.4 Å². The molecule has 3 heteroatoms. The first-order valence-corrected chi connectivity index (χ1v) is 8.12. The summed E-state index contributed by atoms with van der Waals surface area (Å²) in [6, 6.07) is 9.16. The number of aliphatic hydroxyl groups is 1. The molecule has 0 amide bonds. The summed E-state index contributed by atoms with van der Waals surface area (Å²) in [7, 11) is 0. The molecule has 2 unspecified atom stereocenters. The number of piperidine rings is 1. The molecule has 0 saturated carbocycles. The molecular formula is C18H30N2O. The fraction of sp³-hybridized carbons (Fsp3) is 0.667. The molecular weight excluding hydrogens is 260 g/mol. The second kappa shape index (κ2) is 6.80. The Morgan fingerprint density at radius 2 is 1.86 bits per heavy atom. The standard InChI is InChI=1S/C18H30N2O/c1-18(2,3)15-6-8-17(9-7-15)20-12-14(5-4-10-21)11-16(19)13-20/h6-9,14,16,21H,4-5,10-13,19H2,1-3H3. The first-order chi connectivity index (χ1) is 9.90. The maximum Gasteiger partial charge on any atom is 0.0431 e. The number of hydrogen-bond acceptors (Lipinski definition) is 3. The molecule has 0 spiro atoms. The highest BCUT2D eigenvalue weighted by molar-refractivity contribution is 5.49. The summed E-state index contributed by atoms with van der Waals surface area (Å²) in [6.45, 7) is 9.00. The van der Waals surface area contributed by atoms with Crippen molar-refractivity contribution in [3.8, 4) is 0 Å². The molecule has 1 fully saturated rings. The minimum absolute atomic E-state index is 0.195. The van der Waals surface area contributed by atoms with Crippen molar-refractivity contribution in [1.82, 2.24) is 0 Å². The second-order valence-corrected chi connectivity index (χ2v) is 7.43. The van der Waals surface area contributed by atoms with E-state index >= 15 is 0 Å². The van der Waals surface area contributed by atoms with Crippen molar-refractivity contribution in [3.05, 3.63) is 29.8 Å². The van der Waals surface area contributed by atoms with Gasteiger partial charge in [0.05, 0.1) is 0 Å². The summed E-state index contributed by atoms with van der Waals surface area (Å²) in [5.74, 6) is 0.600.